The summed E-state index contributed by atoms with van der Waals surface area (Å²) in [7, 11) is 1.99. The molecule has 0 aromatic carbocycles. The molecule has 1 atom stereocenters. The van der Waals surface area contributed by atoms with Crippen LogP contribution in [0.5, 0.6) is 0 Å². The first-order chi connectivity index (χ1) is 9.24. The van der Waals surface area contributed by atoms with E-state index in [2.05, 4.69) is 15.5 Å². The summed E-state index contributed by atoms with van der Waals surface area (Å²) >= 11 is 0. The smallest absolute Gasteiger partial charge is 0.234 e. The molecule has 2 rings (SSSR count). The Morgan fingerprint density at radius 2 is 2.47 bits per heavy atom. The van der Waals surface area contributed by atoms with Crippen LogP contribution in [-0.2, 0) is 11.3 Å². The van der Waals surface area contributed by atoms with Crippen LogP contribution in [-0.4, -0.2) is 43.5 Å². The number of piperidine rings is 1. The molecule has 5 nitrogen and oxygen atoms in total. The van der Waals surface area contributed by atoms with Crippen molar-refractivity contribution in [2.75, 3.05) is 26.7 Å². The number of furan rings is 1. The highest BCUT2D eigenvalue weighted by atomic mass is 16.3. The number of hydrogen-bond donors (Lipinski definition) is 2. The van der Waals surface area contributed by atoms with E-state index in [0.717, 1.165) is 18.8 Å². The highest BCUT2D eigenvalue weighted by molar-refractivity contribution is 5.77. The van der Waals surface area contributed by atoms with E-state index in [1.54, 1.807) is 6.26 Å². The largest absolute Gasteiger partial charge is 0.467 e. The van der Waals surface area contributed by atoms with Crippen molar-refractivity contribution >= 4 is 5.91 Å². The molecule has 1 aliphatic rings. The molecule has 0 aliphatic carbocycles. The highest BCUT2D eigenvalue weighted by Gasteiger charge is 2.15. The molecule has 106 valence electrons. The zero-order chi connectivity index (χ0) is 13.5. The van der Waals surface area contributed by atoms with Crippen molar-refractivity contribution in [1.82, 2.24) is 15.5 Å². The maximum absolute atomic E-state index is 11.8. The van der Waals surface area contributed by atoms with Gasteiger partial charge >= 0.3 is 0 Å². The normalized spacial score (nSPS) is 19.6. The summed E-state index contributed by atoms with van der Waals surface area (Å²) < 4.78 is 5.17. The predicted octanol–water partition coefficient (Wildman–Crippen LogP) is 0.970. The number of nitrogens with one attached hydrogen (secondary N) is 2. The summed E-state index contributed by atoms with van der Waals surface area (Å²) in [5, 5.41) is 6.35. The third-order valence-corrected chi connectivity index (χ3v) is 3.40. The summed E-state index contributed by atoms with van der Waals surface area (Å²) in [5.74, 6) is 0.819. The zero-order valence-electron chi connectivity index (χ0n) is 11.5. The van der Waals surface area contributed by atoms with Gasteiger partial charge in [-0.2, -0.15) is 0 Å². The molecule has 1 unspecified atom stereocenters. The number of likely N-dealkylation sites (N-methyl/N-ethyl adjacent to an activating group) is 1. The molecule has 0 radical (unpaired) electrons. The molecule has 5 heteroatoms. The van der Waals surface area contributed by atoms with Crippen molar-refractivity contribution in [3.8, 4) is 0 Å². The molecule has 1 saturated heterocycles. The van der Waals surface area contributed by atoms with Gasteiger partial charge in [0.05, 0.1) is 19.4 Å². The lowest BCUT2D eigenvalue weighted by Crippen LogP contribution is -2.45. The minimum atomic E-state index is 0.0368. The quantitative estimate of drug-likeness (QED) is 0.805. The van der Waals surface area contributed by atoms with Crippen molar-refractivity contribution in [3.05, 3.63) is 24.2 Å². The number of nitrogens with zero attached hydrogens (tertiary/aromatic N) is 1. The molecule has 1 aromatic heterocycles. The fraction of sp³-hybridized carbons (Fsp3) is 0.643. The van der Waals surface area contributed by atoms with Crippen molar-refractivity contribution in [2.45, 2.75) is 31.8 Å². The van der Waals surface area contributed by atoms with E-state index in [1.165, 1.54) is 19.3 Å². The van der Waals surface area contributed by atoms with Gasteiger partial charge in [0.1, 0.15) is 5.76 Å². The summed E-state index contributed by atoms with van der Waals surface area (Å²) in [6.07, 6.45) is 5.38. The van der Waals surface area contributed by atoms with Crippen molar-refractivity contribution in [2.24, 2.45) is 0 Å². The van der Waals surface area contributed by atoms with Gasteiger partial charge in [0.2, 0.25) is 5.91 Å². The minimum Gasteiger partial charge on any atom is -0.467 e. The van der Waals surface area contributed by atoms with Gasteiger partial charge in [0.25, 0.3) is 0 Å². The molecule has 19 heavy (non-hydrogen) atoms. The Labute approximate surface area is 114 Å². The first-order valence-electron chi connectivity index (χ1n) is 6.95. The van der Waals surface area contributed by atoms with Crippen LogP contribution >= 0.6 is 0 Å². The Morgan fingerprint density at radius 3 is 3.16 bits per heavy atom. The number of rotatable bonds is 6. The Balaban J connectivity index is 1.63. The molecular weight excluding hydrogens is 242 g/mol. The summed E-state index contributed by atoms with van der Waals surface area (Å²) in [4.78, 5) is 13.8. The van der Waals surface area contributed by atoms with E-state index in [0.29, 0.717) is 19.1 Å². The Hall–Kier alpha value is -1.33. The lowest BCUT2D eigenvalue weighted by molar-refractivity contribution is -0.122. The molecule has 1 fully saturated rings. The molecule has 0 bridgehead atoms. The van der Waals surface area contributed by atoms with Gasteiger partial charge in [-0.1, -0.05) is 6.42 Å². The van der Waals surface area contributed by atoms with Crippen LogP contribution in [0.25, 0.3) is 0 Å². The minimum absolute atomic E-state index is 0.0368. The SMILES string of the molecule is CN(CC(=O)NCc1ccco1)CC1CCCCN1. The van der Waals surface area contributed by atoms with Crippen LogP contribution in [0, 0.1) is 0 Å². The van der Waals surface area contributed by atoms with Crippen LogP contribution in [0.4, 0.5) is 0 Å². The number of carbonyl (C=O) groups excluding carboxylic acids is 1. The topological polar surface area (TPSA) is 57.5 Å². The zero-order valence-corrected chi connectivity index (χ0v) is 11.5. The van der Waals surface area contributed by atoms with E-state index in [4.69, 9.17) is 4.42 Å². The van der Waals surface area contributed by atoms with E-state index in [1.807, 2.05) is 19.2 Å². The van der Waals surface area contributed by atoms with Gasteiger partial charge in [0.15, 0.2) is 0 Å². The van der Waals surface area contributed by atoms with Crippen molar-refractivity contribution < 1.29 is 9.21 Å². The molecule has 2 heterocycles. The Bertz CT molecular complexity index is 372. The summed E-state index contributed by atoms with van der Waals surface area (Å²) in [5.41, 5.74) is 0. The van der Waals surface area contributed by atoms with Crippen LogP contribution in [0.2, 0.25) is 0 Å². The molecule has 2 N–H and O–H groups in total. The van der Waals surface area contributed by atoms with Gasteiger partial charge in [-0.25, -0.2) is 0 Å². The predicted molar refractivity (Wildman–Crippen MR) is 73.7 cm³/mol. The van der Waals surface area contributed by atoms with Gasteiger partial charge in [-0.05, 0) is 38.6 Å². The third-order valence-electron chi connectivity index (χ3n) is 3.40. The third kappa shape index (κ3) is 5.04. The standard InChI is InChI=1S/C14H23N3O2/c1-17(10-12-5-2-3-7-15-12)11-14(18)16-9-13-6-4-8-19-13/h4,6,8,12,15H,2-3,5,7,9-11H2,1H3,(H,16,18). The van der Waals surface area contributed by atoms with Crippen LogP contribution in [0.3, 0.4) is 0 Å². The average Bonchev–Trinajstić information content (AvgIpc) is 2.90. The molecule has 1 aromatic rings. The molecule has 1 aliphatic heterocycles. The Morgan fingerprint density at radius 1 is 1.58 bits per heavy atom. The second-order valence-electron chi connectivity index (χ2n) is 5.20. The first-order valence-corrected chi connectivity index (χ1v) is 6.95. The van der Waals surface area contributed by atoms with Crippen LogP contribution < -0.4 is 10.6 Å². The second-order valence-corrected chi connectivity index (χ2v) is 5.20. The molecule has 0 saturated carbocycles. The summed E-state index contributed by atoms with van der Waals surface area (Å²) in [6, 6.07) is 4.20. The fourth-order valence-corrected chi connectivity index (χ4v) is 2.42. The summed E-state index contributed by atoms with van der Waals surface area (Å²) in [6.45, 7) is 2.91. The first kappa shape index (κ1) is 14.1. The second kappa shape index (κ2) is 7.31. The molecule has 1 amide bonds. The van der Waals surface area contributed by atoms with Crippen molar-refractivity contribution in [3.63, 3.8) is 0 Å². The van der Waals surface area contributed by atoms with Gasteiger partial charge in [-0.3, -0.25) is 9.69 Å². The van der Waals surface area contributed by atoms with Crippen LogP contribution in [0.15, 0.2) is 22.8 Å². The van der Waals surface area contributed by atoms with Gasteiger partial charge in [0, 0.05) is 12.6 Å². The van der Waals surface area contributed by atoms with Crippen LogP contribution in [0.1, 0.15) is 25.0 Å². The number of carbonyl (C=O) groups is 1. The van der Waals surface area contributed by atoms with E-state index < -0.39 is 0 Å². The number of amides is 1. The van der Waals surface area contributed by atoms with Crippen molar-refractivity contribution in [1.29, 1.82) is 0 Å². The molecule has 0 spiro atoms. The van der Waals surface area contributed by atoms with E-state index in [-0.39, 0.29) is 5.91 Å². The average molecular weight is 265 g/mol. The lowest BCUT2D eigenvalue weighted by atomic mass is 10.0. The fourth-order valence-electron chi connectivity index (χ4n) is 2.42. The van der Waals surface area contributed by atoms with Gasteiger partial charge in [-0.15, -0.1) is 0 Å². The maximum atomic E-state index is 11.8. The Kier molecular flexibility index (Phi) is 5.42. The number of hydrogen-bond acceptors (Lipinski definition) is 4. The monoisotopic (exact) mass is 265 g/mol. The van der Waals surface area contributed by atoms with E-state index >= 15 is 0 Å². The van der Waals surface area contributed by atoms with Gasteiger partial charge < -0.3 is 15.1 Å². The highest BCUT2D eigenvalue weighted by Crippen LogP contribution is 2.07. The maximum Gasteiger partial charge on any atom is 0.234 e. The lowest BCUT2D eigenvalue weighted by Gasteiger charge is -2.27. The van der Waals surface area contributed by atoms with E-state index in [9.17, 15) is 4.79 Å². The molecular formula is C14H23N3O2.